The van der Waals surface area contributed by atoms with E-state index in [2.05, 4.69) is 11.4 Å². The molecule has 1 amide bonds. The van der Waals surface area contributed by atoms with Gasteiger partial charge in [0.15, 0.2) is 0 Å². The zero-order valence-electron chi connectivity index (χ0n) is 18.6. The summed E-state index contributed by atoms with van der Waals surface area (Å²) in [7, 11) is 0. The number of benzene rings is 3. The van der Waals surface area contributed by atoms with E-state index in [1.165, 1.54) is 0 Å². The lowest BCUT2D eigenvalue weighted by molar-refractivity contribution is 0.0696. The molecule has 0 saturated heterocycles. The van der Waals surface area contributed by atoms with Crippen molar-refractivity contribution in [1.82, 2.24) is 14.9 Å². The lowest BCUT2D eigenvalue weighted by Crippen LogP contribution is -2.27. The first-order valence-electron chi connectivity index (χ1n) is 11.1. The van der Waals surface area contributed by atoms with Crippen molar-refractivity contribution in [1.29, 1.82) is 0 Å². The van der Waals surface area contributed by atoms with Crippen molar-refractivity contribution in [3.8, 4) is 0 Å². The summed E-state index contributed by atoms with van der Waals surface area (Å²) in [4.78, 5) is 29.1. The third kappa shape index (κ3) is 4.13. The van der Waals surface area contributed by atoms with E-state index in [1.54, 1.807) is 24.3 Å². The largest absolute Gasteiger partial charge is 0.478 e. The van der Waals surface area contributed by atoms with Crippen LogP contribution in [0, 0.1) is 0 Å². The molecule has 0 radical (unpaired) electrons. The summed E-state index contributed by atoms with van der Waals surface area (Å²) < 4.78 is 2.05. The molecule has 0 spiro atoms. The van der Waals surface area contributed by atoms with Crippen LogP contribution in [0.2, 0.25) is 0 Å². The number of carbonyl (C=O) groups excluding carboxylic acids is 1. The molecule has 0 saturated carbocycles. The van der Waals surface area contributed by atoms with Crippen molar-refractivity contribution in [3.63, 3.8) is 0 Å². The monoisotopic (exact) mass is 449 g/mol. The summed E-state index contributed by atoms with van der Waals surface area (Å²) in [5, 5.41) is 14.2. The highest BCUT2D eigenvalue weighted by Gasteiger charge is 2.17. The van der Waals surface area contributed by atoms with Crippen LogP contribution in [0.5, 0.6) is 0 Å². The first kappa shape index (κ1) is 21.4. The number of para-hydroxylation sites is 2. The Morgan fingerprint density at radius 1 is 0.912 bits per heavy atom. The number of carboxylic acids is 1. The van der Waals surface area contributed by atoms with Crippen LogP contribution in [-0.4, -0.2) is 26.5 Å². The van der Waals surface area contributed by atoms with E-state index in [0.717, 1.165) is 33.1 Å². The van der Waals surface area contributed by atoms with Crippen molar-refractivity contribution in [2.45, 2.75) is 19.5 Å². The van der Waals surface area contributed by atoms with E-state index in [0.29, 0.717) is 12.1 Å². The molecule has 168 valence electrons. The number of carboxylic acid groups (broad SMARTS) is 1. The number of carbonyl (C=O) groups is 2. The molecule has 0 bridgehead atoms. The molecular weight excluding hydrogens is 426 g/mol. The topological polar surface area (TPSA) is 84.2 Å². The zero-order chi connectivity index (χ0) is 23.7. The van der Waals surface area contributed by atoms with Crippen LogP contribution in [0.15, 0.2) is 91.1 Å². The number of hydrogen-bond donors (Lipinski definition) is 2. The fraction of sp³-hybridized carbons (Fsp3) is 0.107. The number of rotatable bonds is 6. The minimum atomic E-state index is -0.975. The van der Waals surface area contributed by atoms with E-state index in [9.17, 15) is 9.59 Å². The molecule has 3 aromatic carbocycles. The van der Waals surface area contributed by atoms with E-state index in [4.69, 9.17) is 10.1 Å². The Hall–Kier alpha value is -4.45. The highest BCUT2D eigenvalue weighted by atomic mass is 16.4. The third-order valence-electron chi connectivity index (χ3n) is 6.03. The van der Waals surface area contributed by atoms with Crippen LogP contribution >= 0.6 is 0 Å². The number of nitrogens with one attached hydrogen (secondary N) is 1. The summed E-state index contributed by atoms with van der Waals surface area (Å²) in [5.41, 5.74) is 4.34. The number of amides is 1. The van der Waals surface area contributed by atoms with Gasteiger partial charge in [-0.2, -0.15) is 0 Å². The molecule has 34 heavy (non-hydrogen) atoms. The molecule has 0 aliphatic heterocycles. The second-order valence-electron chi connectivity index (χ2n) is 8.30. The summed E-state index contributed by atoms with van der Waals surface area (Å²) in [6.45, 7) is 2.43. The molecule has 5 aromatic rings. The van der Waals surface area contributed by atoms with Gasteiger partial charge in [-0.15, -0.1) is 0 Å². The zero-order valence-corrected chi connectivity index (χ0v) is 18.6. The van der Waals surface area contributed by atoms with Gasteiger partial charge < -0.3 is 15.0 Å². The Kier molecular flexibility index (Phi) is 5.55. The van der Waals surface area contributed by atoms with Crippen LogP contribution in [0.3, 0.4) is 0 Å². The summed E-state index contributed by atoms with van der Waals surface area (Å²) in [6, 6.07) is 26.0. The average molecular weight is 450 g/mol. The molecule has 1 atom stereocenters. The highest BCUT2D eigenvalue weighted by Crippen LogP contribution is 2.23. The fourth-order valence-electron chi connectivity index (χ4n) is 4.22. The number of pyridine rings is 1. The Labute approximate surface area is 196 Å². The Balaban J connectivity index is 1.42. The molecule has 2 aromatic heterocycles. The molecule has 2 heterocycles. The van der Waals surface area contributed by atoms with E-state index in [1.807, 2.05) is 72.3 Å². The molecule has 0 aliphatic rings. The molecule has 0 aliphatic carbocycles. The van der Waals surface area contributed by atoms with Crippen LogP contribution in [0.1, 0.15) is 44.9 Å². The highest BCUT2D eigenvalue weighted by molar-refractivity contribution is 6.06. The van der Waals surface area contributed by atoms with E-state index >= 15 is 0 Å². The summed E-state index contributed by atoms with van der Waals surface area (Å²) >= 11 is 0. The van der Waals surface area contributed by atoms with Crippen molar-refractivity contribution in [2.75, 3.05) is 0 Å². The van der Waals surface area contributed by atoms with Gasteiger partial charge in [0, 0.05) is 17.0 Å². The summed E-state index contributed by atoms with van der Waals surface area (Å²) in [5.74, 6) is -1.16. The predicted molar refractivity (Wildman–Crippen MR) is 132 cm³/mol. The Morgan fingerprint density at radius 2 is 1.68 bits per heavy atom. The minimum absolute atomic E-state index is 0.188. The van der Waals surface area contributed by atoms with Crippen molar-refractivity contribution in [2.24, 2.45) is 0 Å². The molecule has 2 N–H and O–H groups in total. The van der Waals surface area contributed by atoms with Gasteiger partial charge >= 0.3 is 5.97 Å². The van der Waals surface area contributed by atoms with Gasteiger partial charge in [0.25, 0.3) is 5.91 Å². The van der Waals surface area contributed by atoms with Crippen molar-refractivity contribution in [3.05, 3.63) is 114 Å². The Morgan fingerprint density at radius 3 is 2.47 bits per heavy atom. The average Bonchev–Trinajstić information content (AvgIpc) is 3.26. The maximum absolute atomic E-state index is 13.3. The molecular formula is C28H23N3O3. The first-order valence-corrected chi connectivity index (χ1v) is 11.1. The van der Waals surface area contributed by atoms with Gasteiger partial charge in [-0.25, -0.2) is 4.79 Å². The molecule has 6 nitrogen and oxygen atoms in total. The number of hydrogen-bond acceptors (Lipinski definition) is 3. The maximum atomic E-state index is 13.3. The second-order valence-corrected chi connectivity index (χ2v) is 8.30. The van der Waals surface area contributed by atoms with Gasteiger partial charge in [0.2, 0.25) is 0 Å². The SMILES string of the molecule is C[C@H](NC(=O)c1cccc2ccn(Cc3ccc4ccccc4n3)c12)c1ccc(C(=O)O)cc1. The number of aromatic nitrogens is 2. The lowest BCUT2D eigenvalue weighted by atomic mass is 10.0. The normalized spacial score (nSPS) is 12.0. The maximum Gasteiger partial charge on any atom is 0.335 e. The number of nitrogens with zero attached hydrogens (tertiary/aromatic N) is 2. The van der Waals surface area contributed by atoms with Gasteiger partial charge in [0.05, 0.1) is 40.4 Å². The van der Waals surface area contributed by atoms with Crippen molar-refractivity contribution < 1.29 is 14.7 Å². The molecule has 0 unspecified atom stereocenters. The second kappa shape index (κ2) is 8.83. The van der Waals surface area contributed by atoms with Gasteiger partial charge in [-0.3, -0.25) is 9.78 Å². The van der Waals surface area contributed by atoms with E-state index < -0.39 is 5.97 Å². The van der Waals surface area contributed by atoms with Gasteiger partial charge in [-0.05, 0) is 48.9 Å². The van der Waals surface area contributed by atoms with Gasteiger partial charge in [0.1, 0.15) is 0 Å². The minimum Gasteiger partial charge on any atom is -0.478 e. The predicted octanol–water partition coefficient (Wildman–Crippen LogP) is 5.43. The number of fused-ring (bicyclic) bond motifs is 2. The quantitative estimate of drug-likeness (QED) is 0.362. The standard InChI is InChI=1S/C28H23N3O3/c1-18(19-9-11-22(12-10-19)28(33)34)29-27(32)24-7-4-6-21-15-16-31(26(21)24)17-23-14-13-20-5-2-3-8-25(20)30-23/h2-16,18H,17H2,1H3,(H,29,32)(H,33,34)/t18-/m0/s1. The van der Waals surface area contributed by atoms with Crippen LogP contribution in [-0.2, 0) is 6.54 Å². The Bertz CT molecular complexity index is 1520. The van der Waals surface area contributed by atoms with Crippen molar-refractivity contribution >= 4 is 33.7 Å². The van der Waals surface area contributed by atoms with Crippen LogP contribution in [0.25, 0.3) is 21.8 Å². The lowest BCUT2D eigenvalue weighted by Gasteiger charge is -2.16. The summed E-state index contributed by atoms with van der Waals surface area (Å²) in [6.07, 6.45) is 1.98. The smallest absolute Gasteiger partial charge is 0.335 e. The first-order chi connectivity index (χ1) is 16.5. The number of aromatic carboxylic acids is 1. The van der Waals surface area contributed by atoms with E-state index in [-0.39, 0.29) is 17.5 Å². The fourth-order valence-corrected chi connectivity index (χ4v) is 4.22. The van der Waals surface area contributed by atoms with Gasteiger partial charge in [-0.1, -0.05) is 48.5 Å². The molecule has 6 heteroatoms. The molecule has 5 rings (SSSR count). The molecule has 0 fully saturated rings. The van der Waals surface area contributed by atoms with Crippen LogP contribution in [0.4, 0.5) is 0 Å². The third-order valence-corrected chi connectivity index (χ3v) is 6.03. The van der Waals surface area contributed by atoms with Crippen LogP contribution < -0.4 is 5.32 Å².